The first-order valence-electron chi connectivity index (χ1n) is 5.51. The number of amides is 1. The molecule has 9 heteroatoms. The molecule has 0 unspecified atom stereocenters. The number of alkyl halides is 3. The van der Waals surface area contributed by atoms with Gasteiger partial charge < -0.3 is 5.32 Å². The van der Waals surface area contributed by atoms with Gasteiger partial charge in [0.2, 0.25) is 0 Å². The van der Waals surface area contributed by atoms with Crippen LogP contribution in [0.15, 0.2) is 36.4 Å². The summed E-state index contributed by atoms with van der Waals surface area (Å²) in [4.78, 5) is 21.6. The van der Waals surface area contributed by atoms with Crippen LogP contribution in [-0.2, 0) is 6.18 Å². The monoisotopic (exact) mass is 316 g/mol. The van der Waals surface area contributed by atoms with Crippen LogP contribution in [0.25, 0.3) is 0 Å². The van der Waals surface area contributed by atoms with E-state index in [2.05, 4.69) is 5.32 Å². The molecule has 0 atom stereocenters. The normalized spacial score (nSPS) is 11.2. The molecule has 0 saturated heterocycles. The zero-order valence-electron chi connectivity index (χ0n) is 10.2. The largest absolute Gasteiger partial charge is 0.418 e. The highest BCUT2D eigenvalue weighted by Gasteiger charge is 2.33. The molecule has 2 rings (SSSR count). The van der Waals surface area contributed by atoms with Gasteiger partial charge in [-0.2, -0.15) is 13.2 Å². The Morgan fingerprint density at radius 3 is 2.43 bits per heavy atom. The number of halogens is 3. The number of carbonyl (C=O) groups is 1. The number of nitro groups is 1. The van der Waals surface area contributed by atoms with E-state index in [1.165, 1.54) is 18.2 Å². The Morgan fingerprint density at radius 2 is 1.86 bits per heavy atom. The molecule has 1 aromatic carbocycles. The van der Waals surface area contributed by atoms with Crippen LogP contribution in [0.2, 0.25) is 0 Å². The van der Waals surface area contributed by atoms with Crippen molar-refractivity contribution in [1.29, 1.82) is 0 Å². The highest BCUT2D eigenvalue weighted by molar-refractivity contribution is 7.17. The fraction of sp³-hybridized carbons (Fsp3) is 0.0833. The number of nitrogens with zero attached hydrogens (tertiary/aromatic N) is 1. The standard InChI is InChI=1S/C12H7F3N2O3S/c13-12(14,15)7-3-1-2-4-8(7)16-11(18)9-5-6-10(21-9)17(19)20/h1-6H,(H,16,18). The molecule has 1 amide bonds. The van der Waals surface area contributed by atoms with Crippen LogP contribution in [0.3, 0.4) is 0 Å². The summed E-state index contributed by atoms with van der Waals surface area (Å²) in [6.07, 6.45) is -4.61. The lowest BCUT2D eigenvalue weighted by atomic mass is 10.1. The van der Waals surface area contributed by atoms with Crippen LogP contribution in [0, 0.1) is 10.1 Å². The lowest BCUT2D eigenvalue weighted by molar-refractivity contribution is -0.380. The lowest BCUT2D eigenvalue weighted by Crippen LogP contribution is -2.15. The van der Waals surface area contributed by atoms with Gasteiger partial charge in [-0.05, 0) is 18.2 Å². The summed E-state index contributed by atoms with van der Waals surface area (Å²) in [7, 11) is 0. The molecule has 0 radical (unpaired) electrons. The van der Waals surface area contributed by atoms with Gasteiger partial charge in [0.25, 0.3) is 5.91 Å². The molecule has 0 aliphatic carbocycles. The summed E-state index contributed by atoms with van der Waals surface area (Å²) in [6.45, 7) is 0. The summed E-state index contributed by atoms with van der Waals surface area (Å²) in [6, 6.07) is 6.81. The van der Waals surface area contributed by atoms with Crippen molar-refractivity contribution in [3.63, 3.8) is 0 Å². The Bertz CT molecular complexity index is 697. The van der Waals surface area contributed by atoms with Crippen molar-refractivity contribution < 1.29 is 22.9 Å². The number of para-hydroxylation sites is 1. The van der Waals surface area contributed by atoms with Crippen LogP contribution in [0.5, 0.6) is 0 Å². The number of rotatable bonds is 3. The van der Waals surface area contributed by atoms with Gasteiger partial charge in [-0.1, -0.05) is 23.5 Å². The summed E-state index contributed by atoms with van der Waals surface area (Å²) in [5.41, 5.74) is -1.38. The van der Waals surface area contributed by atoms with E-state index in [9.17, 15) is 28.1 Å². The molecule has 0 saturated carbocycles. The van der Waals surface area contributed by atoms with E-state index in [0.717, 1.165) is 18.2 Å². The Morgan fingerprint density at radius 1 is 1.19 bits per heavy atom. The molecule has 0 bridgehead atoms. The molecule has 1 N–H and O–H groups in total. The van der Waals surface area contributed by atoms with Gasteiger partial charge >= 0.3 is 11.2 Å². The maximum absolute atomic E-state index is 12.8. The van der Waals surface area contributed by atoms with Crippen LogP contribution < -0.4 is 5.32 Å². The van der Waals surface area contributed by atoms with E-state index in [4.69, 9.17) is 0 Å². The first-order valence-corrected chi connectivity index (χ1v) is 6.32. The van der Waals surface area contributed by atoms with E-state index in [-0.39, 0.29) is 9.88 Å². The topological polar surface area (TPSA) is 72.2 Å². The Kier molecular flexibility index (Phi) is 3.94. The molecule has 21 heavy (non-hydrogen) atoms. The molecule has 1 heterocycles. The van der Waals surface area contributed by atoms with Crippen molar-refractivity contribution in [1.82, 2.24) is 0 Å². The van der Waals surface area contributed by atoms with E-state index in [0.29, 0.717) is 11.3 Å². The SMILES string of the molecule is O=C(Nc1ccccc1C(F)(F)F)c1ccc([N+](=O)[O-])s1. The van der Waals surface area contributed by atoms with Crippen molar-refractivity contribution in [3.05, 3.63) is 57.0 Å². The fourth-order valence-electron chi connectivity index (χ4n) is 1.57. The quantitative estimate of drug-likeness (QED) is 0.689. The van der Waals surface area contributed by atoms with Crippen molar-refractivity contribution in [3.8, 4) is 0 Å². The highest BCUT2D eigenvalue weighted by Crippen LogP contribution is 2.35. The zero-order valence-corrected chi connectivity index (χ0v) is 11.0. The highest BCUT2D eigenvalue weighted by atomic mass is 32.1. The van der Waals surface area contributed by atoms with Crippen molar-refractivity contribution in [2.75, 3.05) is 5.32 Å². The van der Waals surface area contributed by atoms with Gasteiger partial charge in [-0.3, -0.25) is 14.9 Å². The number of hydrogen-bond acceptors (Lipinski definition) is 4. The molecule has 110 valence electrons. The molecular formula is C12H7F3N2O3S. The van der Waals surface area contributed by atoms with E-state index >= 15 is 0 Å². The van der Waals surface area contributed by atoms with Gasteiger partial charge in [0.1, 0.15) is 0 Å². The predicted molar refractivity (Wildman–Crippen MR) is 70.4 cm³/mol. The fourth-order valence-corrected chi connectivity index (χ4v) is 2.29. The average molecular weight is 316 g/mol. The number of benzene rings is 1. The smallest absolute Gasteiger partial charge is 0.321 e. The van der Waals surface area contributed by atoms with Crippen LogP contribution in [0.1, 0.15) is 15.2 Å². The Labute approximate surface area is 120 Å². The second-order valence-electron chi connectivity index (χ2n) is 3.89. The van der Waals surface area contributed by atoms with Gasteiger partial charge in [0.15, 0.2) is 0 Å². The molecule has 0 fully saturated rings. The second kappa shape index (κ2) is 5.52. The summed E-state index contributed by atoms with van der Waals surface area (Å²) >= 11 is 0.589. The van der Waals surface area contributed by atoms with E-state index in [1.54, 1.807) is 0 Å². The number of thiophene rings is 1. The third-order valence-corrected chi connectivity index (χ3v) is 3.51. The van der Waals surface area contributed by atoms with Crippen molar-refractivity contribution in [2.45, 2.75) is 6.18 Å². The van der Waals surface area contributed by atoms with E-state index < -0.39 is 28.3 Å². The minimum atomic E-state index is -4.61. The second-order valence-corrected chi connectivity index (χ2v) is 4.95. The molecule has 0 aliphatic heterocycles. The molecule has 0 spiro atoms. The summed E-state index contributed by atoms with van der Waals surface area (Å²) in [5.74, 6) is -0.829. The van der Waals surface area contributed by atoms with E-state index in [1.807, 2.05) is 0 Å². The first kappa shape index (κ1) is 15.0. The predicted octanol–water partition coefficient (Wildman–Crippen LogP) is 3.93. The number of hydrogen-bond donors (Lipinski definition) is 1. The van der Waals surface area contributed by atoms with Crippen LogP contribution >= 0.6 is 11.3 Å². The number of carbonyl (C=O) groups excluding carboxylic acids is 1. The average Bonchev–Trinajstić information content (AvgIpc) is 2.88. The maximum atomic E-state index is 12.8. The third kappa shape index (κ3) is 3.37. The van der Waals surface area contributed by atoms with Crippen molar-refractivity contribution in [2.24, 2.45) is 0 Å². The van der Waals surface area contributed by atoms with Gasteiger partial charge in [-0.25, -0.2) is 0 Å². The Hall–Kier alpha value is -2.42. The molecular weight excluding hydrogens is 309 g/mol. The zero-order chi connectivity index (χ0) is 15.6. The molecule has 5 nitrogen and oxygen atoms in total. The molecule has 2 aromatic rings. The first-order chi connectivity index (χ1) is 9.79. The van der Waals surface area contributed by atoms with Crippen LogP contribution in [-0.4, -0.2) is 10.8 Å². The maximum Gasteiger partial charge on any atom is 0.418 e. The Balaban J connectivity index is 2.25. The number of anilines is 1. The summed E-state index contributed by atoms with van der Waals surface area (Å²) < 4.78 is 38.3. The number of nitrogens with one attached hydrogen (secondary N) is 1. The van der Waals surface area contributed by atoms with Crippen LogP contribution in [0.4, 0.5) is 23.9 Å². The third-order valence-electron chi connectivity index (χ3n) is 2.48. The van der Waals surface area contributed by atoms with Crippen molar-refractivity contribution >= 4 is 27.9 Å². The van der Waals surface area contributed by atoms with Gasteiger partial charge in [0.05, 0.1) is 21.1 Å². The molecule has 1 aromatic heterocycles. The van der Waals surface area contributed by atoms with Gasteiger partial charge in [-0.15, -0.1) is 0 Å². The van der Waals surface area contributed by atoms with Gasteiger partial charge in [0, 0.05) is 6.07 Å². The summed E-state index contributed by atoms with van der Waals surface area (Å²) in [5, 5.41) is 12.4. The minimum Gasteiger partial charge on any atom is -0.321 e. The molecule has 0 aliphatic rings. The lowest BCUT2D eigenvalue weighted by Gasteiger charge is -2.12. The minimum absolute atomic E-state index is 0.0429.